The van der Waals surface area contributed by atoms with E-state index in [1.807, 2.05) is 0 Å². The van der Waals surface area contributed by atoms with Crippen LogP contribution in [-0.2, 0) is 24.5 Å². The van der Waals surface area contributed by atoms with Gasteiger partial charge in [0, 0.05) is 29.9 Å². The highest BCUT2D eigenvalue weighted by molar-refractivity contribution is 6.30. The zero-order valence-electron chi connectivity index (χ0n) is 18.5. The molecule has 1 spiro atoms. The molecule has 0 bridgehead atoms. The molecule has 0 saturated carbocycles. The lowest BCUT2D eigenvalue weighted by molar-refractivity contribution is -0.142. The Labute approximate surface area is 197 Å². The van der Waals surface area contributed by atoms with Gasteiger partial charge in [-0.2, -0.15) is 0 Å². The van der Waals surface area contributed by atoms with Gasteiger partial charge >= 0.3 is 0 Å². The van der Waals surface area contributed by atoms with Gasteiger partial charge in [-0.1, -0.05) is 11.6 Å². The molecule has 174 valence electrons. The van der Waals surface area contributed by atoms with Gasteiger partial charge in [-0.15, -0.1) is 0 Å². The quantitative estimate of drug-likeness (QED) is 0.317. The van der Waals surface area contributed by atoms with Crippen molar-refractivity contribution in [2.75, 3.05) is 45.4 Å². The fourth-order valence-corrected chi connectivity index (χ4v) is 4.49. The molecule has 1 unspecified atom stereocenters. The molecule has 9 heteroatoms. The number of methoxy groups -OCH3 is 2. The third-order valence-electron chi connectivity index (χ3n) is 6.02. The Morgan fingerprint density at radius 1 is 0.909 bits per heavy atom. The molecular weight excluding hydrogens is 448 g/mol. The highest BCUT2D eigenvalue weighted by Gasteiger charge is 2.63. The lowest BCUT2D eigenvalue weighted by Crippen LogP contribution is -2.47. The van der Waals surface area contributed by atoms with Crippen molar-refractivity contribution in [1.82, 2.24) is 4.90 Å². The number of fused-ring (bicyclic) bond motifs is 2. The third kappa shape index (κ3) is 4.05. The van der Waals surface area contributed by atoms with Crippen molar-refractivity contribution in [2.45, 2.75) is 18.3 Å². The number of carbonyl (C=O) groups is 3. The second-order valence-corrected chi connectivity index (χ2v) is 8.36. The first-order valence-corrected chi connectivity index (χ1v) is 11.0. The van der Waals surface area contributed by atoms with E-state index in [-0.39, 0.29) is 25.5 Å². The molecule has 2 aromatic rings. The Hall–Kier alpha value is -3.10. The van der Waals surface area contributed by atoms with Crippen molar-refractivity contribution >= 4 is 35.0 Å². The van der Waals surface area contributed by atoms with Crippen molar-refractivity contribution in [2.24, 2.45) is 0 Å². The molecule has 1 saturated heterocycles. The molecule has 0 aromatic heterocycles. The molecule has 2 heterocycles. The maximum Gasteiger partial charge on any atom is 0.250 e. The minimum absolute atomic E-state index is 0.109. The number of carbonyl (C=O) groups excluding carboxylic acids is 3. The first kappa shape index (κ1) is 23.1. The van der Waals surface area contributed by atoms with Crippen LogP contribution in [0.3, 0.4) is 0 Å². The molecular formula is C24H25ClN2O6. The summed E-state index contributed by atoms with van der Waals surface area (Å²) in [4.78, 5) is 42.5. The van der Waals surface area contributed by atoms with E-state index in [4.69, 9.17) is 25.8 Å². The number of amides is 3. The predicted octanol–water partition coefficient (Wildman–Crippen LogP) is 2.81. The van der Waals surface area contributed by atoms with Gasteiger partial charge in [-0.3, -0.25) is 19.3 Å². The summed E-state index contributed by atoms with van der Waals surface area (Å²) < 4.78 is 16.1. The van der Waals surface area contributed by atoms with Gasteiger partial charge in [-0.25, -0.2) is 0 Å². The summed E-state index contributed by atoms with van der Waals surface area (Å²) in [6.45, 7) is 1.03. The molecule has 1 atom stereocenters. The first-order chi connectivity index (χ1) is 15.9. The number of ether oxygens (including phenoxy) is 3. The third-order valence-corrected chi connectivity index (χ3v) is 6.27. The van der Waals surface area contributed by atoms with Crippen LogP contribution < -0.4 is 14.4 Å². The van der Waals surface area contributed by atoms with Crippen LogP contribution in [0.15, 0.2) is 42.5 Å². The Kier molecular flexibility index (Phi) is 6.58. The Balaban J connectivity index is 1.56. The summed E-state index contributed by atoms with van der Waals surface area (Å²) in [5.41, 5.74) is -0.447. The number of halogens is 1. The molecule has 1 fully saturated rings. The zero-order valence-corrected chi connectivity index (χ0v) is 19.3. The molecule has 2 aromatic carbocycles. The van der Waals surface area contributed by atoms with Crippen molar-refractivity contribution in [3.63, 3.8) is 0 Å². The summed E-state index contributed by atoms with van der Waals surface area (Å²) in [6, 6.07) is 12.2. The van der Waals surface area contributed by atoms with Gasteiger partial charge in [0.25, 0.3) is 0 Å². The van der Waals surface area contributed by atoms with E-state index in [0.29, 0.717) is 47.3 Å². The SMILES string of the molecule is COCCN1C(=O)CC2(C1=O)C(=O)N(CCCOc1ccc(Cl)cc1)c1ccc(OC)cc12. The lowest BCUT2D eigenvalue weighted by Gasteiger charge is -2.22. The smallest absolute Gasteiger partial charge is 0.250 e. The summed E-state index contributed by atoms with van der Waals surface area (Å²) in [5, 5.41) is 0.623. The molecule has 8 nitrogen and oxygen atoms in total. The van der Waals surface area contributed by atoms with E-state index in [1.54, 1.807) is 47.4 Å². The standard InChI is InChI=1S/C24H25ClN2O6/c1-31-13-11-27-21(28)15-24(23(27)30)19-14-18(32-2)8-9-20(19)26(22(24)29)10-3-12-33-17-6-4-16(25)5-7-17/h4-9,14H,3,10-13,15H2,1-2H3. The fraction of sp³-hybridized carbons (Fsp3) is 0.375. The van der Waals surface area contributed by atoms with Gasteiger partial charge in [0.05, 0.1) is 33.3 Å². The maximum absolute atomic E-state index is 13.7. The van der Waals surface area contributed by atoms with Gasteiger partial charge in [0.1, 0.15) is 11.5 Å². The predicted molar refractivity (Wildman–Crippen MR) is 122 cm³/mol. The Morgan fingerprint density at radius 2 is 1.61 bits per heavy atom. The number of hydrogen-bond donors (Lipinski definition) is 0. The number of likely N-dealkylation sites (tertiary alicyclic amines) is 1. The van der Waals surface area contributed by atoms with Crippen LogP contribution in [0.2, 0.25) is 5.02 Å². The summed E-state index contributed by atoms with van der Waals surface area (Å²) in [7, 11) is 3.01. The van der Waals surface area contributed by atoms with E-state index in [1.165, 1.54) is 14.2 Å². The summed E-state index contributed by atoms with van der Waals surface area (Å²) in [5.74, 6) is -0.0879. The van der Waals surface area contributed by atoms with Crippen LogP contribution in [0.25, 0.3) is 0 Å². The van der Waals surface area contributed by atoms with E-state index in [0.717, 1.165) is 4.90 Å². The Morgan fingerprint density at radius 3 is 2.30 bits per heavy atom. The Bertz CT molecular complexity index is 1070. The molecule has 33 heavy (non-hydrogen) atoms. The van der Waals surface area contributed by atoms with Gasteiger partial charge < -0.3 is 19.1 Å². The van der Waals surface area contributed by atoms with Crippen LogP contribution in [0.4, 0.5) is 5.69 Å². The van der Waals surface area contributed by atoms with Crippen LogP contribution in [0.5, 0.6) is 11.5 Å². The molecule has 3 amide bonds. The molecule has 0 aliphatic carbocycles. The first-order valence-electron chi connectivity index (χ1n) is 10.6. The van der Waals surface area contributed by atoms with Crippen molar-refractivity contribution in [1.29, 1.82) is 0 Å². The molecule has 0 N–H and O–H groups in total. The highest BCUT2D eigenvalue weighted by Crippen LogP contribution is 2.49. The number of hydrogen-bond acceptors (Lipinski definition) is 6. The summed E-state index contributed by atoms with van der Waals surface area (Å²) >= 11 is 5.89. The van der Waals surface area contributed by atoms with E-state index >= 15 is 0 Å². The lowest BCUT2D eigenvalue weighted by atomic mass is 9.80. The number of anilines is 1. The minimum Gasteiger partial charge on any atom is -0.497 e. The van der Waals surface area contributed by atoms with Gasteiger partial charge in [-0.05, 0) is 48.9 Å². The molecule has 4 rings (SSSR count). The van der Waals surface area contributed by atoms with Crippen LogP contribution in [0, 0.1) is 0 Å². The number of benzene rings is 2. The van der Waals surface area contributed by atoms with Gasteiger partial charge in [0.15, 0.2) is 5.41 Å². The molecule has 0 radical (unpaired) electrons. The van der Waals surface area contributed by atoms with Crippen molar-refractivity contribution in [3.8, 4) is 11.5 Å². The number of rotatable bonds is 9. The van der Waals surface area contributed by atoms with Crippen LogP contribution in [0.1, 0.15) is 18.4 Å². The van der Waals surface area contributed by atoms with Crippen LogP contribution >= 0.6 is 11.6 Å². The molecule has 2 aliphatic heterocycles. The highest BCUT2D eigenvalue weighted by atomic mass is 35.5. The number of nitrogens with zero attached hydrogens (tertiary/aromatic N) is 2. The maximum atomic E-state index is 13.7. The molecule has 2 aliphatic rings. The average molecular weight is 473 g/mol. The van der Waals surface area contributed by atoms with Crippen molar-refractivity contribution in [3.05, 3.63) is 53.1 Å². The van der Waals surface area contributed by atoms with E-state index < -0.39 is 17.2 Å². The minimum atomic E-state index is -1.56. The monoisotopic (exact) mass is 472 g/mol. The second kappa shape index (κ2) is 9.41. The second-order valence-electron chi connectivity index (χ2n) is 7.92. The van der Waals surface area contributed by atoms with Crippen molar-refractivity contribution < 1.29 is 28.6 Å². The van der Waals surface area contributed by atoms with E-state index in [2.05, 4.69) is 0 Å². The number of imide groups is 1. The topological polar surface area (TPSA) is 85.4 Å². The van der Waals surface area contributed by atoms with Crippen LogP contribution in [-0.4, -0.2) is 63.1 Å². The van der Waals surface area contributed by atoms with Gasteiger partial charge in [0.2, 0.25) is 17.7 Å². The average Bonchev–Trinajstić information content (AvgIpc) is 3.21. The normalized spacial score (nSPS) is 19.5. The van der Waals surface area contributed by atoms with E-state index in [9.17, 15) is 14.4 Å². The zero-order chi connectivity index (χ0) is 23.6. The summed E-state index contributed by atoms with van der Waals surface area (Å²) in [6.07, 6.45) is 0.331. The fourth-order valence-electron chi connectivity index (χ4n) is 4.37. The largest absolute Gasteiger partial charge is 0.497 e.